The number of aromatic nitrogens is 2. The largest absolute Gasteiger partial charge is 0.341 e. The molecule has 78 valence electrons. The lowest BCUT2D eigenvalue weighted by molar-refractivity contribution is 0.425. The quantitative estimate of drug-likeness (QED) is 0.829. The van der Waals surface area contributed by atoms with E-state index in [0.29, 0.717) is 18.3 Å². The standard InChI is InChI=1S/C11H13N3O/c1-8-5-3-4-6-9(8)7-10-13-11(12-2)15-14-10/h3-6H,7H2,1-2H3,(H,12,13,14). The number of hydrogen-bond donors (Lipinski definition) is 1. The van der Waals surface area contributed by atoms with Crippen molar-refractivity contribution in [2.75, 3.05) is 12.4 Å². The van der Waals surface area contributed by atoms with Crippen molar-refractivity contribution in [1.82, 2.24) is 10.1 Å². The second-order valence-corrected chi connectivity index (χ2v) is 3.37. The van der Waals surface area contributed by atoms with Crippen LogP contribution in [0.4, 0.5) is 6.01 Å². The van der Waals surface area contributed by atoms with Crippen LogP contribution in [-0.2, 0) is 6.42 Å². The number of benzene rings is 1. The average molecular weight is 203 g/mol. The first-order valence-electron chi connectivity index (χ1n) is 4.84. The number of aryl methyl sites for hydroxylation is 1. The summed E-state index contributed by atoms with van der Waals surface area (Å²) in [5, 5.41) is 6.68. The topological polar surface area (TPSA) is 51.0 Å². The van der Waals surface area contributed by atoms with Gasteiger partial charge in [0.05, 0.1) is 0 Å². The van der Waals surface area contributed by atoms with Gasteiger partial charge in [0.2, 0.25) is 0 Å². The van der Waals surface area contributed by atoms with E-state index in [0.717, 1.165) is 0 Å². The highest BCUT2D eigenvalue weighted by Gasteiger charge is 2.06. The third-order valence-corrected chi connectivity index (χ3v) is 2.29. The molecule has 2 rings (SSSR count). The summed E-state index contributed by atoms with van der Waals surface area (Å²) < 4.78 is 4.95. The Balaban J connectivity index is 2.18. The lowest BCUT2D eigenvalue weighted by Gasteiger charge is -2.00. The molecule has 0 radical (unpaired) electrons. The van der Waals surface area contributed by atoms with Gasteiger partial charge >= 0.3 is 6.01 Å². The highest BCUT2D eigenvalue weighted by atomic mass is 16.5. The van der Waals surface area contributed by atoms with Crippen LogP contribution in [0, 0.1) is 6.92 Å². The van der Waals surface area contributed by atoms with Crippen molar-refractivity contribution in [2.24, 2.45) is 0 Å². The summed E-state index contributed by atoms with van der Waals surface area (Å²) in [7, 11) is 1.76. The van der Waals surface area contributed by atoms with E-state index in [9.17, 15) is 0 Å². The highest BCUT2D eigenvalue weighted by Crippen LogP contribution is 2.12. The van der Waals surface area contributed by atoms with Gasteiger partial charge in [0.25, 0.3) is 0 Å². The summed E-state index contributed by atoms with van der Waals surface area (Å²) in [5.41, 5.74) is 2.47. The molecule has 0 fully saturated rings. The first kappa shape index (κ1) is 9.71. The van der Waals surface area contributed by atoms with E-state index >= 15 is 0 Å². The molecule has 0 aliphatic rings. The van der Waals surface area contributed by atoms with E-state index in [2.05, 4.69) is 34.5 Å². The second kappa shape index (κ2) is 4.13. The van der Waals surface area contributed by atoms with E-state index in [1.54, 1.807) is 7.05 Å². The molecule has 0 atom stereocenters. The molecule has 4 nitrogen and oxygen atoms in total. The third-order valence-electron chi connectivity index (χ3n) is 2.29. The van der Waals surface area contributed by atoms with Gasteiger partial charge in [-0.3, -0.25) is 0 Å². The molecule has 0 unspecified atom stereocenters. The molecular weight excluding hydrogens is 190 g/mol. The maximum atomic E-state index is 4.95. The Bertz CT molecular complexity index is 451. The van der Waals surface area contributed by atoms with Crippen LogP contribution in [0.25, 0.3) is 0 Å². The van der Waals surface area contributed by atoms with Crippen LogP contribution < -0.4 is 5.32 Å². The molecule has 1 N–H and O–H groups in total. The number of anilines is 1. The molecule has 0 spiro atoms. The molecule has 2 aromatic rings. The Morgan fingerprint density at radius 1 is 1.33 bits per heavy atom. The molecule has 1 aromatic carbocycles. The van der Waals surface area contributed by atoms with E-state index in [1.165, 1.54) is 11.1 Å². The molecule has 15 heavy (non-hydrogen) atoms. The van der Waals surface area contributed by atoms with Crippen molar-refractivity contribution in [3.8, 4) is 0 Å². The van der Waals surface area contributed by atoms with Gasteiger partial charge in [-0.1, -0.05) is 29.4 Å². The van der Waals surface area contributed by atoms with Crippen molar-refractivity contribution in [1.29, 1.82) is 0 Å². The maximum Gasteiger partial charge on any atom is 0.321 e. The molecule has 0 bridgehead atoms. The minimum atomic E-state index is 0.457. The number of hydrogen-bond acceptors (Lipinski definition) is 4. The van der Waals surface area contributed by atoms with Crippen LogP contribution in [-0.4, -0.2) is 17.2 Å². The van der Waals surface area contributed by atoms with Crippen LogP contribution in [0.2, 0.25) is 0 Å². The van der Waals surface area contributed by atoms with Crippen molar-refractivity contribution >= 4 is 6.01 Å². The minimum Gasteiger partial charge on any atom is -0.341 e. The van der Waals surface area contributed by atoms with Crippen molar-refractivity contribution in [2.45, 2.75) is 13.3 Å². The summed E-state index contributed by atoms with van der Waals surface area (Å²) in [6, 6.07) is 8.65. The number of rotatable bonds is 3. The lowest BCUT2D eigenvalue weighted by atomic mass is 10.1. The van der Waals surface area contributed by atoms with Gasteiger partial charge in [0.1, 0.15) is 0 Å². The van der Waals surface area contributed by atoms with Gasteiger partial charge in [-0.25, -0.2) is 0 Å². The van der Waals surface area contributed by atoms with E-state index < -0.39 is 0 Å². The summed E-state index contributed by atoms with van der Waals surface area (Å²) in [6.45, 7) is 2.08. The Morgan fingerprint density at radius 3 is 2.80 bits per heavy atom. The Morgan fingerprint density at radius 2 is 2.13 bits per heavy atom. The normalized spacial score (nSPS) is 10.3. The van der Waals surface area contributed by atoms with Crippen LogP contribution in [0.1, 0.15) is 17.0 Å². The van der Waals surface area contributed by atoms with E-state index in [-0.39, 0.29) is 0 Å². The van der Waals surface area contributed by atoms with Gasteiger partial charge in [0.15, 0.2) is 5.82 Å². The third kappa shape index (κ3) is 2.15. The van der Waals surface area contributed by atoms with Gasteiger partial charge in [-0.05, 0) is 18.1 Å². The van der Waals surface area contributed by atoms with Gasteiger partial charge in [-0.15, -0.1) is 0 Å². The van der Waals surface area contributed by atoms with Crippen LogP contribution in [0.3, 0.4) is 0 Å². The van der Waals surface area contributed by atoms with Crippen LogP contribution >= 0.6 is 0 Å². The Kier molecular flexibility index (Phi) is 2.67. The molecule has 1 aromatic heterocycles. The smallest absolute Gasteiger partial charge is 0.321 e. The predicted octanol–water partition coefficient (Wildman–Crippen LogP) is 2.01. The first-order chi connectivity index (χ1) is 7.29. The fraction of sp³-hybridized carbons (Fsp3) is 0.273. The molecular formula is C11H13N3O. The average Bonchev–Trinajstić information content (AvgIpc) is 2.69. The minimum absolute atomic E-state index is 0.457. The van der Waals surface area contributed by atoms with Gasteiger partial charge < -0.3 is 9.84 Å². The summed E-state index contributed by atoms with van der Waals surface area (Å²) in [6.07, 6.45) is 0.706. The molecule has 4 heteroatoms. The van der Waals surface area contributed by atoms with E-state index in [1.807, 2.05) is 12.1 Å². The van der Waals surface area contributed by atoms with Crippen molar-refractivity contribution in [3.63, 3.8) is 0 Å². The zero-order valence-corrected chi connectivity index (χ0v) is 8.82. The molecule has 0 aliphatic heterocycles. The maximum absolute atomic E-state index is 4.95. The lowest BCUT2D eigenvalue weighted by Crippen LogP contribution is -1.94. The summed E-state index contributed by atoms with van der Waals surface area (Å²) >= 11 is 0. The molecule has 1 heterocycles. The zero-order valence-electron chi connectivity index (χ0n) is 8.82. The molecule has 0 amide bonds. The van der Waals surface area contributed by atoms with Gasteiger partial charge in [0, 0.05) is 13.5 Å². The fourth-order valence-electron chi connectivity index (χ4n) is 1.41. The predicted molar refractivity (Wildman–Crippen MR) is 57.8 cm³/mol. The van der Waals surface area contributed by atoms with Crippen LogP contribution in [0.5, 0.6) is 0 Å². The fourth-order valence-corrected chi connectivity index (χ4v) is 1.41. The summed E-state index contributed by atoms with van der Waals surface area (Å²) in [4.78, 5) is 4.18. The monoisotopic (exact) mass is 203 g/mol. The number of nitrogens with one attached hydrogen (secondary N) is 1. The molecule has 0 saturated carbocycles. The highest BCUT2D eigenvalue weighted by molar-refractivity contribution is 5.29. The van der Waals surface area contributed by atoms with Crippen LogP contribution in [0.15, 0.2) is 28.8 Å². The Hall–Kier alpha value is -1.84. The van der Waals surface area contributed by atoms with Crippen molar-refractivity contribution in [3.05, 3.63) is 41.2 Å². The van der Waals surface area contributed by atoms with Gasteiger partial charge in [-0.2, -0.15) is 4.98 Å². The second-order valence-electron chi connectivity index (χ2n) is 3.37. The Labute approximate surface area is 88.3 Å². The van der Waals surface area contributed by atoms with Crippen molar-refractivity contribution < 1.29 is 4.52 Å². The SMILES string of the molecule is CNc1nc(Cc2ccccc2C)no1. The zero-order chi connectivity index (χ0) is 10.7. The number of nitrogens with zero attached hydrogens (tertiary/aromatic N) is 2. The van der Waals surface area contributed by atoms with E-state index in [4.69, 9.17) is 4.52 Å². The summed E-state index contributed by atoms with van der Waals surface area (Å²) in [5.74, 6) is 0.702. The first-order valence-corrected chi connectivity index (χ1v) is 4.84. The molecule has 0 aliphatic carbocycles. The molecule has 0 saturated heterocycles.